The van der Waals surface area contributed by atoms with Crippen molar-refractivity contribution in [2.75, 3.05) is 0 Å². The summed E-state index contributed by atoms with van der Waals surface area (Å²) in [7, 11) is 0. The second-order valence-electron chi connectivity index (χ2n) is 7.30. The standard InChI is InChI=1S/C17H25NOS/c1-17(2,3)20(19)18-16-14-8-9-15(16)11-13-7-5-4-6-12(13)10-14/h4-7,14-16,18H,8-11H2,1-3H3/t14-,15?,16+,20?/m1/s1. The lowest BCUT2D eigenvalue weighted by atomic mass is 9.94. The van der Waals surface area contributed by atoms with Gasteiger partial charge in [0.2, 0.25) is 0 Å². The highest BCUT2D eigenvalue weighted by atomic mass is 32.2. The quantitative estimate of drug-likeness (QED) is 0.849. The number of hydrogen-bond donors (Lipinski definition) is 1. The fourth-order valence-electron chi connectivity index (χ4n) is 3.64. The van der Waals surface area contributed by atoms with Gasteiger partial charge in [-0.15, -0.1) is 4.72 Å². The van der Waals surface area contributed by atoms with Crippen molar-refractivity contribution in [1.82, 2.24) is 4.72 Å². The molecule has 2 unspecified atom stereocenters. The molecule has 1 aromatic carbocycles. The molecule has 1 fully saturated rings. The zero-order valence-electron chi connectivity index (χ0n) is 12.7. The molecule has 4 atom stereocenters. The third kappa shape index (κ3) is 2.76. The zero-order chi connectivity index (χ0) is 14.3. The van der Waals surface area contributed by atoms with E-state index in [2.05, 4.69) is 29.0 Å². The molecule has 2 aliphatic carbocycles. The first-order valence-corrected chi connectivity index (χ1v) is 8.85. The fourth-order valence-corrected chi connectivity index (χ4v) is 4.63. The summed E-state index contributed by atoms with van der Waals surface area (Å²) in [5.74, 6) is 1.30. The summed E-state index contributed by atoms with van der Waals surface area (Å²) in [5, 5.41) is 0. The Hall–Kier alpha value is -0.510. The number of fused-ring (bicyclic) bond motifs is 3. The molecule has 0 radical (unpaired) electrons. The van der Waals surface area contributed by atoms with Crippen molar-refractivity contribution >= 4 is 11.4 Å². The van der Waals surface area contributed by atoms with Gasteiger partial charge in [-0.05, 0) is 69.4 Å². The van der Waals surface area contributed by atoms with Gasteiger partial charge in [-0.3, -0.25) is 0 Å². The highest BCUT2D eigenvalue weighted by Crippen LogP contribution is 2.40. The Morgan fingerprint density at radius 2 is 1.55 bits per heavy atom. The SMILES string of the molecule is CC(C)(C)[S+]([O-])N[C@@H]1C2CC[C@@H]1Cc1ccccc1C2. The van der Waals surface area contributed by atoms with E-state index in [1.807, 2.05) is 20.8 Å². The predicted molar refractivity (Wildman–Crippen MR) is 84.9 cm³/mol. The highest BCUT2D eigenvalue weighted by Gasteiger charge is 2.42. The highest BCUT2D eigenvalue weighted by molar-refractivity contribution is 7.90. The molecule has 2 aliphatic rings. The number of hydrogen-bond acceptors (Lipinski definition) is 2. The number of benzene rings is 1. The van der Waals surface area contributed by atoms with Crippen LogP contribution < -0.4 is 4.72 Å². The Bertz CT molecular complexity index is 449. The van der Waals surface area contributed by atoms with Gasteiger partial charge in [0.25, 0.3) is 0 Å². The van der Waals surface area contributed by atoms with Gasteiger partial charge in [-0.2, -0.15) is 0 Å². The molecule has 0 aromatic heterocycles. The Morgan fingerprint density at radius 3 is 2.00 bits per heavy atom. The van der Waals surface area contributed by atoms with E-state index in [0.29, 0.717) is 17.9 Å². The van der Waals surface area contributed by atoms with Crippen molar-refractivity contribution in [3.8, 4) is 0 Å². The van der Waals surface area contributed by atoms with Crippen molar-refractivity contribution in [3.63, 3.8) is 0 Å². The van der Waals surface area contributed by atoms with Crippen molar-refractivity contribution in [2.45, 2.75) is 57.2 Å². The van der Waals surface area contributed by atoms with Crippen LogP contribution in [0, 0.1) is 11.8 Å². The summed E-state index contributed by atoms with van der Waals surface area (Å²) in [6.07, 6.45) is 4.84. The van der Waals surface area contributed by atoms with Gasteiger partial charge in [0, 0.05) is 11.4 Å². The molecule has 3 heteroatoms. The van der Waals surface area contributed by atoms with Gasteiger partial charge in [0.1, 0.15) is 4.75 Å². The lowest BCUT2D eigenvalue weighted by Crippen LogP contribution is -2.48. The Balaban J connectivity index is 1.79. The average Bonchev–Trinajstić information content (AvgIpc) is 2.64. The van der Waals surface area contributed by atoms with Crippen LogP contribution >= 0.6 is 0 Å². The van der Waals surface area contributed by atoms with Crippen LogP contribution in [0.5, 0.6) is 0 Å². The van der Waals surface area contributed by atoms with Crippen LogP contribution in [0.2, 0.25) is 0 Å². The summed E-state index contributed by atoms with van der Waals surface area (Å²) in [6, 6.07) is 9.26. The van der Waals surface area contributed by atoms with Gasteiger partial charge >= 0.3 is 0 Å². The molecule has 1 N–H and O–H groups in total. The Labute approximate surface area is 125 Å². The van der Waals surface area contributed by atoms with E-state index in [1.54, 1.807) is 0 Å². The minimum absolute atomic E-state index is 0.182. The molecular formula is C17H25NOS. The van der Waals surface area contributed by atoms with E-state index in [4.69, 9.17) is 0 Å². The van der Waals surface area contributed by atoms with Crippen molar-refractivity contribution in [2.24, 2.45) is 11.8 Å². The van der Waals surface area contributed by atoms with E-state index >= 15 is 0 Å². The minimum atomic E-state index is -0.959. The fraction of sp³-hybridized carbons (Fsp3) is 0.647. The predicted octanol–water partition coefficient (Wildman–Crippen LogP) is 3.23. The molecule has 0 spiro atoms. The van der Waals surface area contributed by atoms with E-state index < -0.39 is 11.4 Å². The van der Waals surface area contributed by atoms with Crippen molar-refractivity contribution in [3.05, 3.63) is 35.4 Å². The van der Waals surface area contributed by atoms with Crippen LogP contribution in [0.1, 0.15) is 44.7 Å². The van der Waals surface area contributed by atoms with Crippen LogP contribution in [0.15, 0.2) is 24.3 Å². The van der Waals surface area contributed by atoms with E-state index in [0.717, 1.165) is 12.8 Å². The molecule has 3 rings (SSSR count). The maximum Gasteiger partial charge on any atom is 0.136 e. The van der Waals surface area contributed by atoms with Crippen molar-refractivity contribution in [1.29, 1.82) is 0 Å². The third-order valence-corrected chi connectivity index (χ3v) is 6.40. The lowest BCUT2D eigenvalue weighted by Gasteiger charge is -2.30. The first kappa shape index (κ1) is 14.4. The largest absolute Gasteiger partial charge is 0.598 e. The first-order chi connectivity index (χ1) is 9.45. The Kier molecular flexibility index (Phi) is 3.87. The van der Waals surface area contributed by atoms with Gasteiger partial charge in [0.15, 0.2) is 0 Å². The molecule has 20 heavy (non-hydrogen) atoms. The summed E-state index contributed by atoms with van der Waals surface area (Å²) in [4.78, 5) is 0. The molecule has 0 aliphatic heterocycles. The van der Waals surface area contributed by atoms with Crippen LogP contribution in [0.25, 0.3) is 0 Å². The zero-order valence-corrected chi connectivity index (χ0v) is 13.5. The average molecular weight is 291 g/mol. The summed E-state index contributed by atoms with van der Waals surface area (Å²) in [5.41, 5.74) is 3.01. The van der Waals surface area contributed by atoms with Gasteiger partial charge in [-0.1, -0.05) is 24.3 Å². The van der Waals surface area contributed by atoms with Gasteiger partial charge in [-0.25, -0.2) is 0 Å². The smallest absolute Gasteiger partial charge is 0.136 e. The van der Waals surface area contributed by atoms with E-state index in [1.165, 1.54) is 24.0 Å². The van der Waals surface area contributed by atoms with Crippen LogP contribution in [-0.2, 0) is 24.2 Å². The molecule has 2 bridgehead atoms. The van der Waals surface area contributed by atoms with Gasteiger partial charge < -0.3 is 4.55 Å². The lowest BCUT2D eigenvalue weighted by molar-refractivity contribution is 0.381. The molecule has 1 aromatic rings. The second kappa shape index (κ2) is 5.36. The van der Waals surface area contributed by atoms with Crippen molar-refractivity contribution < 1.29 is 4.55 Å². The minimum Gasteiger partial charge on any atom is -0.598 e. The maximum absolute atomic E-state index is 12.4. The molecule has 2 nitrogen and oxygen atoms in total. The third-order valence-electron chi connectivity index (χ3n) is 4.81. The topological polar surface area (TPSA) is 35.1 Å². The Morgan fingerprint density at radius 1 is 1.05 bits per heavy atom. The molecule has 0 amide bonds. The monoisotopic (exact) mass is 291 g/mol. The van der Waals surface area contributed by atoms with Crippen LogP contribution in [-0.4, -0.2) is 15.3 Å². The number of rotatable bonds is 2. The summed E-state index contributed by atoms with van der Waals surface area (Å²) >= 11 is -0.959. The summed E-state index contributed by atoms with van der Waals surface area (Å²) < 4.78 is 15.7. The normalized spacial score (nSPS) is 30.7. The summed E-state index contributed by atoms with van der Waals surface area (Å²) in [6.45, 7) is 6.14. The molecule has 0 saturated heterocycles. The molecule has 1 saturated carbocycles. The maximum atomic E-state index is 12.4. The second-order valence-corrected chi connectivity index (χ2v) is 9.30. The molecule has 110 valence electrons. The van der Waals surface area contributed by atoms with E-state index in [9.17, 15) is 4.55 Å². The van der Waals surface area contributed by atoms with Crippen LogP contribution in [0.4, 0.5) is 0 Å². The number of nitrogens with one attached hydrogen (secondary N) is 1. The molecule has 0 heterocycles. The van der Waals surface area contributed by atoms with E-state index in [-0.39, 0.29) is 4.75 Å². The first-order valence-electron chi connectivity index (χ1n) is 7.70. The van der Waals surface area contributed by atoms with Crippen LogP contribution in [0.3, 0.4) is 0 Å². The molecular weight excluding hydrogens is 266 g/mol. The van der Waals surface area contributed by atoms with Gasteiger partial charge in [0.05, 0.1) is 6.04 Å².